The molecule has 1 aliphatic heterocycles. The Kier molecular flexibility index (Phi) is 3.39. The van der Waals surface area contributed by atoms with Crippen LogP contribution in [0.5, 0.6) is 0 Å². The number of thiophene rings is 1. The first-order chi connectivity index (χ1) is 9.06. The summed E-state index contributed by atoms with van der Waals surface area (Å²) in [5.41, 5.74) is 0. The number of hydrogen-bond donors (Lipinski definition) is 1. The zero-order valence-electron chi connectivity index (χ0n) is 11.8. The van der Waals surface area contributed by atoms with E-state index in [1.54, 1.807) is 11.3 Å². The predicted molar refractivity (Wildman–Crippen MR) is 78.0 cm³/mol. The number of amides is 1. The lowest BCUT2D eigenvalue weighted by Crippen LogP contribution is -2.35. The van der Waals surface area contributed by atoms with Crippen molar-refractivity contribution in [1.82, 2.24) is 10.2 Å². The molecule has 1 saturated heterocycles. The smallest absolute Gasteiger partial charge is 0.241 e. The van der Waals surface area contributed by atoms with Crippen molar-refractivity contribution in [1.29, 1.82) is 0 Å². The van der Waals surface area contributed by atoms with E-state index >= 15 is 0 Å². The van der Waals surface area contributed by atoms with Gasteiger partial charge in [0.1, 0.15) is 6.17 Å². The van der Waals surface area contributed by atoms with Crippen LogP contribution in [-0.2, 0) is 4.79 Å². The van der Waals surface area contributed by atoms with Gasteiger partial charge in [-0.15, -0.1) is 11.3 Å². The molecule has 0 aromatic carbocycles. The van der Waals surface area contributed by atoms with E-state index in [-0.39, 0.29) is 18.1 Å². The Morgan fingerprint density at radius 1 is 1.42 bits per heavy atom. The van der Waals surface area contributed by atoms with Gasteiger partial charge in [-0.05, 0) is 43.7 Å². The minimum Gasteiger partial charge on any atom is -0.320 e. The van der Waals surface area contributed by atoms with Crippen LogP contribution in [-0.4, -0.2) is 23.4 Å². The first-order valence-corrected chi connectivity index (χ1v) is 8.01. The third-order valence-corrected chi connectivity index (χ3v) is 5.10. The van der Waals surface area contributed by atoms with Gasteiger partial charge < -0.3 is 4.90 Å². The van der Waals surface area contributed by atoms with Gasteiger partial charge in [0, 0.05) is 16.3 Å². The van der Waals surface area contributed by atoms with E-state index in [2.05, 4.69) is 43.1 Å². The summed E-state index contributed by atoms with van der Waals surface area (Å²) < 4.78 is 0. The van der Waals surface area contributed by atoms with Crippen LogP contribution in [0, 0.1) is 18.8 Å². The predicted octanol–water partition coefficient (Wildman–Crippen LogP) is 2.92. The second-order valence-electron chi connectivity index (χ2n) is 6.17. The molecule has 1 aromatic rings. The van der Waals surface area contributed by atoms with Crippen LogP contribution < -0.4 is 5.32 Å². The summed E-state index contributed by atoms with van der Waals surface area (Å²) in [6.07, 6.45) is 2.66. The molecule has 1 amide bonds. The van der Waals surface area contributed by atoms with Crippen LogP contribution in [0.25, 0.3) is 0 Å². The topological polar surface area (TPSA) is 32.3 Å². The van der Waals surface area contributed by atoms with Crippen molar-refractivity contribution in [3.05, 3.63) is 21.9 Å². The van der Waals surface area contributed by atoms with Gasteiger partial charge in [0.25, 0.3) is 0 Å². The summed E-state index contributed by atoms with van der Waals surface area (Å²) in [4.78, 5) is 17.2. The maximum atomic E-state index is 12.6. The Labute approximate surface area is 119 Å². The number of rotatable bonds is 4. The van der Waals surface area contributed by atoms with Gasteiger partial charge in [0.15, 0.2) is 0 Å². The van der Waals surface area contributed by atoms with Crippen molar-refractivity contribution >= 4 is 17.2 Å². The Morgan fingerprint density at radius 2 is 2.16 bits per heavy atom. The lowest BCUT2D eigenvalue weighted by molar-refractivity contribution is -0.131. The van der Waals surface area contributed by atoms with Crippen LogP contribution in [0.2, 0.25) is 0 Å². The van der Waals surface area contributed by atoms with Crippen molar-refractivity contribution in [3.63, 3.8) is 0 Å². The molecule has 1 saturated carbocycles. The minimum absolute atomic E-state index is 0.0221. The largest absolute Gasteiger partial charge is 0.320 e. The van der Waals surface area contributed by atoms with Gasteiger partial charge in [0.2, 0.25) is 5.91 Å². The molecule has 19 heavy (non-hydrogen) atoms. The first kappa shape index (κ1) is 13.1. The molecule has 104 valence electrons. The maximum absolute atomic E-state index is 12.6. The summed E-state index contributed by atoms with van der Waals surface area (Å²) in [6, 6.07) is 4.28. The standard InChI is InChI=1S/C15H22N2OS/c1-9(2)13-15(18)17(8-11-5-6-11)14(16-13)12-7-4-10(3)19-12/h4,7,9,11,13-14,16H,5-6,8H2,1-3H3. The van der Waals surface area contributed by atoms with Crippen molar-refractivity contribution in [2.45, 2.75) is 45.8 Å². The van der Waals surface area contributed by atoms with Crippen molar-refractivity contribution in [3.8, 4) is 0 Å². The van der Waals surface area contributed by atoms with Crippen LogP contribution in [0.4, 0.5) is 0 Å². The molecule has 3 nitrogen and oxygen atoms in total. The normalized spacial score (nSPS) is 27.6. The molecule has 2 atom stereocenters. The highest BCUT2D eigenvalue weighted by Gasteiger charge is 2.43. The van der Waals surface area contributed by atoms with E-state index in [0.29, 0.717) is 5.92 Å². The van der Waals surface area contributed by atoms with E-state index in [9.17, 15) is 4.79 Å². The zero-order valence-corrected chi connectivity index (χ0v) is 12.7. The Balaban J connectivity index is 1.84. The average molecular weight is 278 g/mol. The minimum atomic E-state index is -0.0221. The fourth-order valence-corrected chi connectivity index (χ4v) is 3.68. The monoisotopic (exact) mass is 278 g/mol. The van der Waals surface area contributed by atoms with Crippen LogP contribution >= 0.6 is 11.3 Å². The third-order valence-electron chi connectivity index (χ3n) is 4.05. The molecule has 2 unspecified atom stereocenters. The second kappa shape index (κ2) is 4.91. The fourth-order valence-electron chi connectivity index (χ4n) is 2.72. The van der Waals surface area contributed by atoms with Gasteiger partial charge in [-0.25, -0.2) is 0 Å². The zero-order chi connectivity index (χ0) is 13.6. The van der Waals surface area contributed by atoms with Gasteiger partial charge in [-0.3, -0.25) is 10.1 Å². The van der Waals surface area contributed by atoms with Gasteiger partial charge in [-0.2, -0.15) is 0 Å². The Hall–Kier alpha value is -0.870. The molecule has 1 aromatic heterocycles. The van der Waals surface area contributed by atoms with Crippen molar-refractivity contribution in [2.24, 2.45) is 11.8 Å². The Morgan fingerprint density at radius 3 is 2.68 bits per heavy atom. The maximum Gasteiger partial charge on any atom is 0.241 e. The summed E-state index contributed by atoms with van der Waals surface area (Å²) in [5, 5.41) is 3.54. The van der Waals surface area contributed by atoms with E-state index in [0.717, 1.165) is 12.5 Å². The average Bonchev–Trinajstić information content (AvgIpc) is 2.98. The Bertz CT molecular complexity index is 478. The van der Waals surface area contributed by atoms with E-state index in [1.165, 1.54) is 22.6 Å². The lowest BCUT2D eigenvalue weighted by Gasteiger charge is -2.23. The number of nitrogens with zero attached hydrogens (tertiary/aromatic N) is 1. The van der Waals surface area contributed by atoms with Gasteiger partial charge in [0.05, 0.1) is 6.04 Å². The van der Waals surface area contributed by atoms with Crippen LogP contribution in [0.3, 0.4) is 0 Å². The molecule has 3 rings (SSSR count). The number of carbonyl (C=O) groups is 1. The van der Waals surface area contributed by atoms with Crippen LogP contribution in [0.1, 0.15) is 42.6 Å². The SMILES string of the molecule is Cc1ccc(C2NC(C(C)C)C(=O)N2CC2CC2)s1. The molecule has 2 fully saturated rings. The van der Waals surface area contributed by atoms with Gasteiger partial charge >= 0.3 is 0 Å². The van der Waals surface area contributed by atoms with Crippen molar-refractivity contribution < 1.29 is 4.79 Å². The molecular formula is C15H22N2OS. The molecule has 1 aliphatic carbocycles. The molecular weight excluding hydrogens is 256 g/mol. The van der Waals surface area contributed by atoms with Crippen molar-refractivity contribution in [2.75, 3.05) is 6.54 Å². The number of hydrogen-bond acceptors (Lipinski definition) is 3. The molecule has 2 heterocycles. The van der Waals surface area contributed by atoms with E-state index in [1.807, 2.05) is 0 Å². The summed E-state index contributed by atoms with van der Waals surface area (Å²) in [6.45, 7) is 7.28. The number of carbonyl (C=O) groups excluding carboxylic acids is 1. The summed E-state index contributed by atoms with van der Waals surface area (Å²) >= 11 is 1.80. The molecule has 0 radical (unpaired) electrons. The first-order valence-electron chi connectivity index (χ1n) is 7.19. The molecule has 1 N–H and O–H groups in total. The number of aryl methyl sites for hydroxylation is 1. The lowest BCUT2D eigenvalue weighted by atomic mass is 10.1. The number of nitrogens with one attached hydrogen (secondary N) is 1. The van der Waals surface area contributed by atoms with E-state index in [4.69, 9.17) is 0 Å². The van der Waals surface area contributed by atoms with Crippen LogP contribution in [0.15, 0.2) is 12.1 Å². The molecule has 0 bridgehead atoms. The fraction of sp³-hybridized carbons (Fsp3) is 0.667. The second-order valence-corrected chi connectivity index (χ2v) is 7.49. The summed E-state index contributed by atoms with van der Waals surface area (Å²) in [7, 11) is 0. The summed E-state index contributed by atoms with van der Waals surface area (Å²) in [5.74, 6) is 1.37. The van der Waals surface area contributed by atoms with Gasteiger partial charge in [-0.1, -0.05) is 13.8 Å². The quantitative estimate of drug-likeness (QED) is 0.918. The van der Waals surface area contributed by atoms with E-state index < -0.39 is 0 Å². The highest BCUT2D eigenvalue weighted by atomic mass is 32.1. The molecule has 4 heteroatoms. The molecule has 0 spiro atoms. The highest BCUT2D eigenvalue weighted by Crippen LogP contribution is 2.37. The highest BCUT2D eigenvalue weighted by molar-refractivity contribution is 7.12. The molecule has 2 aliphatic rings. The third kappa shape index (κ3) is 2.56.